The Labute approximate surface area is 110 Å². The van der Waals surface area contributed by atoms with Gasteiger partial charge in [-0.15, -0.1) is 13.2 Å². The van der Waals surface area contributed by atoms with Gasteiger partial charge in [-0.3, -0.25) is 0 Å². The highest BCUT2D eigenvalue weighted by Crippen LogP contribution is 2.25. The van der Waals surface area contributed by atoms with Crippen LogP contribution in [-0.2, 0) is 0 Å². The van der Waals surface area contributed by atoms with E-state index in [0.29, 0.717) is 12.1 Å². The van der Waals surface area contributed by atoms with Crippen molar-refractivity contribution in [2.24, 2.45) is 0 Å². The van der Waals surface area contributed by atoms with Crippen LogP contribution in [0.4, 0.5) is 18.9 Å². The van der Waals surface area contributed by atoms with Crippen LogP contribution < -0.4 is 15.0 Å². The van der Waals surface area contributed by atoms with E-state index in [2.05, 4.69) is 34.9 Å². The highest BCUT2D eigenvalue weighted by atomic mass is 19.4. The van der Waals surface area contributed by atoms with Crippen LogP contribution >= 0.6 is 0 Å². The Morgan fingerprint density at radius 1 is 1.26 bits per heavy atom. The number of rotatable bonds is 2. The van der Waals surface area contributed by atoms with Gasteiger partial charge in [0.15, 0.2) is 0 Å². The minimum absolute atomic E-state index is 0.243. The summed E-state index contributed by atoms with van der Waals surface area (Å²) in [6.07, 6.45) is -4.66. The zero-order valence-electron chi connectivity index (χ0n) is 10.8. The van der Waals surface area contributed by atoms with Gasteiger partial charge < -0.3 is 15.0 Å². The third-order valence-corrected chi connectivity index (χ3v) is 2.90. The van der Waals surface area contributed by atoms with E-state index in [1.807, 2.05) is 0 Å². The van der Waals surface area contributed by atoms with Gasteiger partial charge in [0, 0.05) is 36.9 Å². The lowest BCUT2D eigenvalue weighted by Gasteiger charge is -2.37. The number of anilines is 1. The lowest BCUT2D eigenvalue weighted by atomic mass is 10.1. The lowest BCUT2D eigenvalue weighted by Crippen LogP contribution is -2.54. The fourth-order valence-corrected chi connectivity index (χ4v) is 2.32. The second kappa shape index (κ2) is 5.28. The molecule has 19 heavy (non-hydrogen) atoms. The maximum atomic E-state index is 12.0. The Kier molecular flexibility index (Phi) is 3.89. The van der Waals surface area contributed by atoms with Crippen LogP contribution in [0.25, 0.3) is 0 Å². The van der Waals surface area contributed by atoms with Crippen LogP contribution in [0.15, 0.2) is 18.2 Å². The first-order chi connectivity index (χ1) is 8.83. The van der Waals surface area contributed by atoms with Crippen molar-refractivity contribution in [2.45, 2.75) is 32.3 Å². The Morgan fingerprint density at radius 3 is 2.37 bits per heavy atom. The van der Waals surface area contributed by atoms with Gasteiger partial charge in [-0.05, 0) is 32.0 Å². The highest BCUT2D eigenvalue weighted by Gasteiger charge is 2.31. The van der Waals surface area contributed by atoms with E-state index >= 15 is 0 Å². The molecule has 0 aromatic heterocycles. The Hall–Kier alpha value is -1.43. The summed E-state index contributed by atoms with van der Waals surface area (Å²) >= 11 is 0. The molecule has 0 bridgehead atoms. The van der Waals surface area contributed by atoms with Gasteiger partial charge in [-0.1, -0.05) is 0 Å². The summed E-state index contributed by atoms with van der Waals surface area (Å²) in [7, 11) is 0. The maximum absolute atomic E-state index is 12.0. The number of halogens is 3. The number of piperazine rings is 1. The Bertz CT molecular complexity index is 409. The SMILES string of the molecule is CC1CN(c2[c]cc(OC(F)(F)F)cc2)CC(C)N1. The van der Waals surface area contributed by atoms with E-state index in [9.17, 15) is 13.2 Å². The fourth-order valence-electron chi connectivity index (χ4n) is 2.32. The smallest absolute Gasteiger partial charge is 0.406 e. The van der Waals surface area contributed by atoms with Gasteiger partial charge in [0.25, 0.3) is 0 Å². The molecule has 6 heteroatoms. The van der Waals surface area contributed by atoms with E-state index in [0.717, 1.165) is 18.8 Å². The number of hydrogen-bond acceptors (Lipinski definition) is 3. The minimum Gasteiger partial charge on any atom is -0.406 e. The van der Waals surface area contributed by atoms with Crippen molar-refractivity contribution < 1.29 is 17.9 Å². The van der Waals surface area contributed by atoms with Crippen molar-refractivity contribution in [1.29, 1.82) is 0 Å². The van der Waals surface area contributed by atoms with E-state index < -0.39 is 6.36 Å². The molecule has 1 aliphatic heterocycles. The highest BCUT2D eigenvalue weighted by molar-refractivity contribution is 5.48. The van der Waals surface area contributed by atoms with Crippen molar-refractivity contribution in [3.8, 4) is 5.75 Å². The van der Waals surface area contributed by atoms with Crippen LogP contribution in [0, 0.1) is 6.07 Å². The molecule has 1 aromatic carbocycles. The summed E-state index contributed by atoms with van der Waals surface area (Å²) in [5.74, 6) is -0.243. The topological polar surface area (TPSA) is 24.5 Å². The first-order valence-corrected chi connectivity index (χ1v) is 6.12. The zero-order valence-corrected chi connectivity index (χ0v) is 10.8. The quantitative estimate of drug-likeness (QED) is 0.896. The van der Waals surface area contributed by atoms with Crippen LogP contribution in [0.2, 0.25) is 0 Å². The second-order valence-electron chi connectivity index (χ2n) is 4.83. The summed E-state index contributed by atoms with van der Waals surface area (Å²) in [6, 6.07) is 7.66. The second-order valence-corrected chi connectivity index (χ2v) is 4.83. The maximum Gasteiger partial charge on any atom is 0.573 e. The molecule has 0 spiro atoms. The first kappa shape index (κ1) is 14.0. The standard InChI is InChI=1S/C13H16F3N2O/c1-9-7-18(8-10(2)17-9)11-3-5-12(6-4-11)19-13(14,15)16/h3,5-6,9-10,17H,7-8H2,1-2H3. The lowest BCUT2D eigenvalue weighted by molar-refractivity contribution is -0.274. The number of nitrogens with zero attached hydrogens (tertiary/aromatic N) is 1. The molecule has 1 aliphatic rings. The molecule has 1 N–H and O–H groups in total. The van der Waals surface area contributed by atoms with E-state index in [4.69, 9.17) is 0 Å². The van der Waals surface area contributed by atoms with E-state index in [1.165, 1.54) is 12.1 Å². The van der Waals surface area contributed by atoms with Crippen molar-refractivity contribution in [3.05, 3.63) is 24.3 Å². The summed E-state index contributed by atoms with van der Waals surface area (Å²) in [6.45, 7) is 5.76. The van der Waals surface area contributed by atoms with Gasteiger partial charge in [0.1, 0.15) is 5.75 Å². The summed E-state index contributed by atoms with van der Waals surface area (Å²) < 4.78 is 40.0. The predicted molar refractivity (Wildman–Crippen MR) is 66.2 cm³/mol. The molecule has 1 radical (unpaired) electrons. The molecule has 105 valence electrons. The summed E-state index contributed by atoms with van der Waals surface area (Å²) in [5.41, 5.74) is 0.787. The van der Waals surface area contributed by atoms with Crippen molar-refractivity contribution in [1.82, 2.24) is 5.32 Å². The van der Waals surface area contributed by atoms with Gasteiger partial charge >= 0.3 is 6.36 Å². The monoisotopic (exact) mass is 273 g/mol. The number of benzene rings is 1. The van der Waals surface area contributed by atoms with Crippen LogP contribution in [0.1, 0.15) is 13.8 Å². The van der Waals surface area contributed by atoms with Crippen LogP contribution in [-0.4, -0.2) is 31.5 Å². The predicted octanol–water partition coefficient (Wildman–Crippen LogP) is 2.57. The van der Waals surface area contributed by atoms with Gasteiger partial charge in [0.2, 0.25) is 0 Å². The normalized spacial score (nSPS) is 24.4. The molecule has 3 nitrogen and oxygen atoms in total. The summed E-state index contributed by atoms with van der Waals surface area (Å²) in [4.78, 5) is 2.10. The van der Waals surface area contributed by atoms with Crippen LogP contribution in [0.3, 0.4) is 0 Å². The fraction of sp³-hybridized carbons (Fsp3) is 0.538. The zero-order chi connectivity index (χ0) is 14.0. The molecule has 0 saturated carbocycles. The van der Waals surface area contributed by atoms with Gasteiger partial charge in [-0.2, -0.15) is 0 Å². The molecular formula is C13H16F3N2O. The van der Waals surface area contributed by atoms with Gasteiger partial charge in [0.05, 0.1) is 0 Å². The molecule has 1 aromatic rings. The van der Waals surface area contributed by atoms with Gasteiger partial charge in [-0.25, -0.2) is 0 Å². The molecule has 0 amide bonds. The number of nitrogens with one attached hydrogen (secondary N) is 1. The van der Waals surface area contributed by atoms with Crippen molar-refractivity contribution in [3.63, 3.8) is 0 Å². The molecule has 2 atom stereocenters. The third kappa shape index (κ3) is 4.02. The molecule has 2 unspecified atom stereocenters. The average Bonchev–Trinajstić information content (AvgIpc) is 2.26. The Morgan fingerprint density at radius 2 is 1.89 bits per heavy atom. The number of alkyl halides is 3. The van der Waals surface area contributed by atoms with E-state index in [1.54, 1.807) is 6.07 Å². The molecule has 1 heterocycles. The van der Waals surface area contributed by atoms with Crippen LogP contribution in [0.5, 0.6) is 5.75 Å². The average molecular weight is 273 g/mol. The molecule has 2 rings (SSSR count). The van der Waals surface area contributed by atoms with Crippen molar-refractivity contribution >= 4 is 5.69 Å². The molecular weight excluding hydrogens is 257 g/mol. The largest absolute Gasteiger partial charge is 0.573 e. The molecule has 1 saturated heterocycles. The molecule has 1 fully saturated rings. The van der Waals surface area contributed by atoms with Crippen molar-refractivity contribution in [2.75, 3.05) is 18.0 Å². The van der Waals surface area contributed by atoms with E-state index in [-0.39, 0.29) is 5.75 Å². The number of ether oxygens (including phenoxy) is 1. The molecule has 0 aliphatic carbocycles. The third-order valence-electron chi connectivity index (χ3n) is 2.90. The number of hydrogen-bond donors (Lipinski definition) is 1. The Balaban J connectivity index is 2.05. The minimum atomic E-state index is -4.66. The first-order valence-electron chi connectivity index (χ1n) is 6.12. The summed E-state index contributed by atoms with van der Waals surface area (Å²) in [5, 5.41) is 3.39.